The fraction of sp³-hybridized carbons (Fsp3) is 0.164. The third kappa shape index (κ3) is 5.31. The summed E-state index contributed by atoms with van der Waals surface area (Å²) in [6, 6.07) is 69.0. The molecule has 4 bridgehead atoms. The van der Waals surface area contributed by atoms with E-state index in [1.54, 1.807) is 5.56 Å². The zero-order valence-corrected chi connectivity index (χ0v) is 35.6. The second-order valence-electron chi connectivity index (χ2n) is 19.1. The van der Waals surface area contributed by atoms with Gasteiger partial charge < -0.3 is 0 Å². The molecule has 5 aliphatic rings. The molecule has 304 valence electrons. The van der Waals surface area contributed by atoms with Crippen molar-refractivity contribution in [2.75, 3.05) is 0 Å². The SMILES string of the molecule is c1ccc(-c2ccc(-c3nc(-c4cccc(-c5cccc6ccccc56)c4)nc(-c4cc5c(c6ccccc46)-c4c(ccc6ccccc46)C54C5CC6CC(C5)CC4C6)n3)cc2)cc1. The van der Waals surface area contributed by atoms with Gasteiger partial charge in [-0.2, -0.15) is 0 Å². The maximum Gasteiger partial charge on any atom is 0.164 e. The van der Waals surface area contributed by atoms with Gasteiger partial charge in [0.05, 0.1) is 0 Å². The van der Waals surface area contributed by atoms with Crippen LogP contribution in [0.15, 0.2) is 188 Å². The van der Waals surface area contributed by atoms with E-state index in [4.69, 9.17) is 15.0 Å². The minimum Gasteiger partial charge on any atom is -0.208 e. The van der Waals surface area contributed by atoms with Crippen molar-refractivity contribution < 1.29 is 0 Å². The summed E-state index contributed by atoms with van der Waals surface area (Å²) >= 11 is 0. The van der Waals surface area contributed by atoms with Crippen LogP contribution in [0.5, 0.6) is 0 Å². The van der Waals surface area contributed by atoms with Crippen molar-refractivity contribution >= 4 is 32.3 Å². The van der Waals surface area contributed by atoms with Crippen LogP contribution in [0, 0.1) is 23.7 Å². The molecule has 1 spiro atoms. The highest BCUT2D eigenvalue weighted by Gasteiger charge is 2.62. The normalized spacial score (nSPS) is 21.5. The Hall–Kier alpha value is -7.23. The number of aromatic nitrogens is 3. The molecule has 64 heavy (non-hydrogen) atoms. The molecule has 0 saturated heterocycles. The molecule has 3 nitrogen and oxygen atoms in total. The molecule has 0 amide bonds. The van der Waals surface area contributed by atoms with Crippen LogP contribution in [0.25, 0.3) is 99.9 Å². The fourth-order valence-corrected chi connectivity index (χ4v) is 13.5. The monoisotopic (exact) mass is 819 g/mol. The first kappa shape index (κ1) is 36.3. The Kier molecular flexibility index (Phi) is 7.87. The Labute approximate surface area is 373 Å². The summed E-state index contributed by atoms with van der Waals surface area (Å²) in [4.78, 5) is 16.4. The number of hydrogen-bond acceptors (Lipinski definition) is 3. The third-order valence-electron chi connectivity index (χ3n) is 15.9. The van der Waals surface area contributed by atoms with Crippen molar-refractivity contribution in [3.05, 3.63) is 199 Å². The van der Waals surface area contributed by atoms with E-state index >= 15 is 0 Å². The zero-order valence-electron chi connectivity index (χ0n) is 35.6. The largest absolute Gasteiger partial charge is 0.208 e. The molecular weight excluding hydrogens is 775 g/mol. The number of nitrogens with zero attached hydrogens (tertiary/aromatic N) is 3. The van der Waals surface area contributed by atoms with Crippen LogP contribution in [0.2, 0.25) is 0 Å². The van der Waals surface area contributed by atoms with E-state index in [1.165, 1.54) is 97.8 Å². The average Bonchev–Trinajstić information content (AvgIpc) is 3.66. The molecule has 15 rings (SSSR count). The van der Waals surface area contributed by atoms with Crippen molar-refractivity contribution in [1.82, 2.24) is 15.0 Å². The van der Waals surface area contributed by atoms with Crippen molar-refractivity contribution in [2.45, 2.75) is 37.5 Å². The third-order valence-corrected chi connectivity index (χ3v) is 15.9. The highest BCUT2D eigenvalue weighted by Crippen LogP contribution is 2.71. The minimum absolute atomic E-state index is 0.0281. The number of fused-ring (bicyclic) bond motifs is 8. The Morgan fingerprint density at radius 1 is 0.328 bits per heavy atom. The molecule has 10 aromatic rings. The van der Waals surface area contributed by atoms with Crippen molar-refractivity contribution in [3.63, 3.8) is 0 Å². The van der Waals surface area contributed by atoms with E-state index in [1.807, 2.05) is 0 Å². The van der Waals surface area contributed by atoms with Gasteiger partial charge in [-0.15, -0.1) is 0 Å². The van der Waals surface area contributed by atoms with Gasteiger partial charge in [0, 0.05) is 22.1 Å². The highest BCUT2D eigenvalue weighted by atomic mass is 15.0. The van der Waals surface area contributed by atoms with Crippen LogP contribution < -0.4 is 0 Å². The number of rotatable bonds is 5. The van der Waals surface area contributed by atoms with Gasteiger partial charge in [0.1, 0.15) is 0 Å². The first-order valence-electron chi connectivity index (χ1n) is 23.3. The van der Waals surface area contributed by atoms with Crippen LogP contribution in [-0.2, 0) is 5.41 Å². The lowest BCUT2D eigenvalue weighted by Gasteiger charge is -2.61. The standard InChI is InChI=1S/C61H45N3/c1-2-12-39(13-3-1)40-24-26-43(27-25-40)58-62-59(45-18-10-17-44(35-45)49-23-11-16-41-14-4-6-19-48(41)49)64-60(63-58)53-36-55-57(52-22-9-8-21-51(52)53)56-50-20-7-5-15-42(50)28-29-54(56)61(55)46-31-37-30-38(33-46)34-47(61)32-37/h1-29,35-38,46-47H,30-34H2. The second kappa shape index (κ2) is 13.9. The van der Waals surface area contributed by atoms with Crippen LogP contribution in [0.1, 0.15) is 43.2 Å². The summed E-state index contributed by atoms with van der Waals surface area (Å²) in [5.74, 6) is 5.05. The van der Waals surface area contributed by atoms with Gasteiger partial charge >= 0.3 is 0 Å². The fourth-order valence-electron chi connectivity index (χ4n) is 13.5. The predicted molar refractivity (Wildman–Crippen MR) is 263 cm³/mol. The maximum absolute atomic E-state index is 5.54. The molecule has 0 atom stereocenters. The van der Waals surface area contributed by atoms with E-state index in [9.17, 15) is 0 Å². The van der Waals surface area contributed by atoms with Crippen molar-refractivity contribution in [1.29, 1.82) is 0 Å². The summed E-state index contributed by atoms with van der Waals surface area (Å²) in [6.07, 6.45) is 6.73. The lowest BCUT2D eigenvalue weighted by atomic mass is 9.43. The second-order valence-corrected chi connectivity index (χ2v) is 19.1. The minimum atomic E-state index is -0.0281. The molecule has 0 unspecified atom stereocenters. The average molecular weight is 820 g/mol. The summed E-state index contributed by atoms with van der Waals surface area (Å²) in [6.45, 7) is 0. The predicted octanol–water partition coefficient (Wildman–Crippen LogP) is 15.4. The van der Waals surface area contributed by atoms with Crippen LogP contribution in [0.3, 0.4) is 0 Å². The molecule has 4 fully saturated rings. The number of benzene rings is 9. The van der Waals surface area contributed by atoms with Gasteiger partial charge in [-0.1, -0.05) is 176 Å². The van der Waals surface area contributed by atoms with Gasteiger partial charge in [0.2, 0.25) is 0 Å². The Balaban J connectivity index is 1.02. The highest BCUT2D eigenvalue weighted by molar-refractivity contribution is 6.14. The van der Waals surface area contributed by atoms with E-state index in [0.29, 0.717) is 23.5 Å². The van der Waals surface area contributed by atoms with Crippen LogP contribution in [-0.4, -0.2) is 15.0 Å². The summed E-state index contributed by atoms with van der Waals surface area (Å²) < 4.78 is 0. The van der Waals surface area contributed by atoms with Crippen LogP contribution in [0.4, 0.5) is 0 Å². The van der Waals surface area contributed by atoms with Gasteiger partial charge in [-0.25, -0.2) is 15.0 Å². The quantitative estimate of drug-likeness (QED) is 0.174. The summed E-state index contributed by atoms with van der Waals surface area (Å²) in [5.41, 5.74) is 13.7. The first-order chi connectivity index (χ1) is 31.7. The molecule has 3 heteroatoms. The van der Waals surface area contributed by atoms with E-state index in [0.717, 1.165) is 39.9 Å². The van der Waals surface area contributed by atoms with E-state index < -0.39 is 0 Å². The van der Waals surface area contributed by atoms with Gasteiger partial charge in [0.25, 0.3) is 0 Å². The van der Waals surface area contributed by atoms with Gasteiger partial charge in [-0.3, -0.25) is 0 Å². The molecule has 0 radical (unpaired) electrons. The topological polar surface area (TPSA) is 38.7 Å². The molecule has 1 aromatic heterocycles. The van der Waals surface area contributed by atoms with Crippen LogP contribution >= 0.6 is 0 Å². The number of hydrogen-bond donors (Lipinski definition) is 0. The first-order valence-corrected chi connectivity index (χ1v) is 23.3. The van der Waals surface area contributed by atoms with Gasteiger partial charge in [-0.05, 0) is 145 Å². The molecule has 5 aliphatic carbocycles. The van der Waals surface area contributed by atoms with Crippen molar-refractivity contribution in [3.8, 4) is 67.5 Å². The van der Waals surface area contributed by atoms with E-state index in [-0.39, 0.29) is 5.41 Å². The maximum atomic E-state index is 5.54. The zero-order chi connectivity index (χ0) is 41.9. The summed E-state index contributed by atoms with van der Waals surface area (Å²) in [7, 11) is 0. The van der Waals surface area contributed by atoms with Crippen molar-refractivity contribution in [2.24, 2.45) is 23.7 Å². The van der Waals surface area contributed by atoms with E-state index in [2.05, 4.69) is 188 Å². The molecule has 1 heterocycles. The smallest absolute Gasteiger partial charge is 0.164 e. The Morgan fingerprint density at radius 3 is 1.62 bits per heavy atom. The molecule has 0 N–H and O–H groups in total. The molecule has 9 aromatic carbocycles. The molecule has 0 aliphatic heterocycles. The Morgan fingerprint density at radius 2 is 0.859 bits per heavy atom. The lowest BCUT2D eigenvalue weighted by molar-refractivity contribution is -0.0398. The molecular formula is C61H45N3. The summed E-state index contributed by atoms with van der Waals surface area (Å²) in [5, 5.41) is 7.64. The molecule has 4 saturated carbocycles. The Bertz CT molecular complexity index is 3480. The van der Waals surface area contributed by atoms with Gasteiger partial charge in [0.15, 0.2) is 17.5 Å². The lowest BCUT2D eigenvalue weighted by Crippen LogP contribution is -2.55.